The topological polar surface area (TPSA) is 96.0 Å². The van der Waals surface area contributed by atoms with Crippen LogP contribution >= 0.6 is 0 Å². The van der Waals surface area contributed by atoms with Crippen LogP contribution in [0.5, 0.6) is 11.5 Å². The molecule has 0 aromatic heterocycles. The highest BCUT2D eigenvalue weighted by Crippen LogP contribution is 2.28. The highest BCUT2D eigenvalue weighted by Gasteiger charge is 2.33. The van der Waals surface area contributed by atoms with Crippen LogP contribution in [0.15, 0.2) is 114 Å². The first-order chi connectivity index (χ1) is 21.3. The molecule has 2 amide bonds. The number of nitrogens with one attached hydrogen (secondary N) is 1. The van der Waals surface area contributed by atoms with Gasteiger partial charge in [-0.3, -0.25) is 13.9 Å². The molecule has 4 aromatic carbocycles. The molecule has 9 heteroatoms. The molecule has 0 heterocycles. The zero-order chi connectivity index (χ0) is 32.6. The van der Waals surface area contributed by atoms with E-state index in [1.807, 2.05) is 88.4 Å². The van der Waals surface area contributed by atoms with Crippen molar-refractivity contribution in [3.8, 4) is 11.5 Å². The Bertz CT molecular complexity index is 1670. The molecular formula is C36H41N3O5S. The lowest BCUT2D eigenvalue weighted by atomic mass is 10.1. The van der Waals surface area contributed by atoms with E-state index in [1.54, 1.807) is 43.3 Å². The minimum absolute atomic E-state index is 0.0554. The number of sulfonamides is 1. The summed E-state index contributed by atoms with van der Waals surface area (Å²) in [6.45, 7) is 8.87. The van der Waals surface area contributed by atoms with Crippen LogP contribution in [0, 0.1) is 6.92 Å². The predicted molar refractivity (Wildman–Crippen MR) is 178 cm³/mol. The van der Waals surface area contributed by atoms with Crippen LogP contribution in [0.4, 0.5) is 5.69 Å². The maximum absolute atomic E-state index is 14.1. The number of nitrogens with zero attached hydrogens (tertiary/aromatic N) is 2. The Hall–Kier alpha value is -4.63. The van der Waals surface area contributed by atoms with Crippen LogP contribution < -0.4 is 14.4 Å². The number of carbonyl (C=O) groups is 2. The van der Waals surface area contributed by atoms with E-state index in [-0.39, 0.29) is 17.3 Å². The Labute approximate surface area is 266 Å². The molecule has 0 fully saturated rings. The second kappa shape index (κ2) is 14.4. The van der Waals surface area contributed by atoms with Gasteiger partial charge in [-0.05, 0) is 95.1 Å². The van der Waals surface area contributed by atoms with E-state index in [9.17, 15) is 18.0 Å². The Kier molecular flexibility index (Phi) is 10.7. The highest BCUT2D eigenvalue weighted by molar-refractivity contribution is 7.92. The fraction of sp³-hybridized carbons (Fsp3) is 0.278. The maximum atomic E-state index is 14.1. The summed E-state index contributed by atoms with van der Waals surface area (Å²) >= 11 is 0. The third-order valence-corrected chi connectivity index (χ3v) is 8.93. The van der Waals surface area contributed by atoms with Crippen LogP contribution in [0.2, 0.25) is 0 Å². The van der Waals surface area contributed by atoms with Crippen molar-refractivity contribution in [2.24, 2.45) is 0 Å². The van der Waals surface area contributed by atoms with Crippen molar-refractivity contribution in [2.75, 3.05) is 17.4 Å². The van der Waals surface area contributed by atoms with E-state index in [0.29, 0.717) is 23.6 Å². The monoisotopic (exact) mass is 627 g/mol. The molecule has 0 aliphatic carbocycles. The van der Waals surface area contributed by atoms with Crippen molar-refractivity contribution >= 4 is 27.5 Å². The molecule has 0 bridgehead atoms. The van der Waals surface area contributed by atoms with Crippen molar-refractivity contribution in [1.29, 1.82) is 0 Å². The number of carbonyl (C=O) groups excluding carboxylic acids is 2. The smallest absolute Gasteiger partial charge is 0.264 e. The van der Waals surface area contributed by atoms with Crippen molar-refractivity contribution < 1.29 is 22.7 Å². The number of hydrogen-bond donors (Lipinski definition) is 1. The van der Waals surface area contributed by atoms with Gasteiger partial charge in [0.15, 0.2) is 0 Å². The predicted octanol–water partition coefficient (Wildman–Crippen LogP) is 6.36. The van der Waals surface area contributed by atoms with E-state index < -0.39 is 34.1 Å². The molecule has 1 atom stereocenters. The van der Waals surface area contributed by atoms with E-state index >= 15 is 0 Å². The minimum atomic E-state index is -4.17. The Morgan fingerprint density at radius 1 is 0.800 bits per heavy atom. The number of rotatable bonds is 12. The summed E-state index contributed by atoms with van der Waals surface area (Å²) in [7, 11) is -4.17. The standard InChI is InChI=1S/C36H41N3O5S/c1-27-16-22-33(23-17-27)45(42,43)39(30-18-20-32(21-19-30)44-31-14-10-7-11-15-31)26-34(40)38(25-24-29-12-8-6-9-13-29)28(2)35(41)37-36(3,4)5/h6-23,28H,24-26H2,1-5H3,(H,37,41). The Morgan fingerprint density at radius 3 is 1.93 bits per heavy atom. The zero-order valence-electron chi connectivity index (χ0n) is 26.4. The molecule has 0 saturated carbocycles. The lowest BCUT2D eigenvalue weighted by Gasteiger charge is -2.33. The molecule has 1 unspecified atom stereocenters. The summed E-state index contributed by atoms with van der Waals surface area (Å²) < 4.78 is 35.2. The summed E-state index contributed by atoms with van der Waals surface area (Å²) in [5.41, 5.74) is 1.69. The van der Waals surface area contributed by atoms with Gasteiger partial charge in [0.1, 0.15) is 24.1 Å². The summed E-state index contributed by atoms with van der Waals surface area (Å²) in [6, 6.07) is 31.1. The third-order valence-electron chi connectivity index (χ3n) is 7.14. The molecule has 1 N–H and O–H groups in total. The minimum Gasteiger partial charge on any atom is -0.457 e. The number of amides is 2. The van der Waals surface area contributed by atoms with Crippen molar-refractivity contribution in [3.05, 3.63) is 120 Å². The molecule has 8 nitrogen and oxygen atoms in total. The van der Waals surface area contributed by atoms with E-state index in [0.717, 1.165) is 15.4 Å². The Morgan fingerprint density at radius 2 is 1.36 bits per heavy atom. The lowest BCUT2D eigenvalue weighted by Crippen LogP contribution is -2.55. The molecule has 236 valence electrons. The summed E-state index contributed by atoms with van der Waals surface area (Å²) in [5.74, 6) is 0.337. The van der Waals surface area contributed by atoms with Crippen LogP contribution in [0.1, 0.15) is 38.8 Å². The average Bonchev–Trinajstić information content (AvgIpc) is 3.00. The molecule has 0 radical (unpaired) electrons. The van der Waals surface area contributed by atoms with Crippen LogP contribution in [0.25, 0.3) is 0 Å². The van der Waals surface area contributed by atoms with Gasteiger partial charge in [-0.2, -0.15) is 0 Å². The number of hydrogen-bond acceptors (Lipinski definition) is 5. The van der Waals surface area contributed by atoms with Crippen molar-refractivity contribution in [1.82, 2.24) is 10.2 Å². The molecule has 0 aliphatic rings. The van der Waals surface area contributed by atoms with Crippen molar-refractivity contribution in [2.45, 2.75) is 57.5 Å². The molecule has 4 aromatic rings. The Balaban J connectivity index is 1.67. The highest BCUT2D eigenvalue weighted by atomic mass is 32.2. The second-order valence-corrected chi connectivity index (χ2v) is 13.8. The molecule has 4 rings (SSSR count). The quantitative estimate of drug-likeness (QED) is 0.197. The van der Waals surface area contributed by atoms with Gasteiger partial charge in [0.2, 0.25) is 11.8 Å². The molecular weight excluding hydrogens is 586 g/mol. The lowest BCUT2D eigenvalue weighted by molar-refractivity contribution is -0.139. The van der Waals surface area contributed by atoms with Gasteiger partial charge in [-0.15, -0.1) is 0 Å². The van der Waals surface area contributed by atoms with E-state index in [1.165, 1.54) is 17.0 Å². The van der Waals surface area contributed by atoms with Crippen molar-refractivity contribution in [3.63, 3.8) is 0 Å². The first-order valence-electron chi connectivity index (χ1n) is 14.9. The first-order valence-corrected chi connectivity index (χ1v) is 16.4. The van der Waals surface area contributed by atoms with E-state index in [4.69, 9.17) is 4.74 Å². The van der Waals surface area contributed by atoms with Gasteiger partial charge in [0.25, 0.3) is 10.0 Å². The zero-order valence-corrected chi connectivity index (χ0v) is 27.3. The van der Waals surface area contributed by atoms with Crippen LogP contribution in [-0.4, -0.2) is 49.8 Å². The maximum Gasteiger partial charge on any atom is 0.264 e. The number of aryl methyl sites for hydroxylation is 1. The second-order valence-electron chi connectivity index (χ2n) is 12.0. The summed E-state index contributed by atoms with van der Waals surface area (Å²) in [6.07, 6.45) is 0.496. The normalized spacial score (nSPS) is 12.2. The number of anilines is 1. The van der Waals surface area contributed by atoms with Gasteiger partial charge in [-0.25, -0.2) is 8.42 Å². The van der Waals surface area contributed by atoms with Gasteiger partial charge in [-0.1, -0.05) is 66.2 Å². The average molecular weight is 628 g/mol. The summed E-state index contributed by atoms with van der Waals surface area (Å²) in [5, 5.41) is 2.95. The molecule has 0 aliphatic heterocycles. The third kappa shape index (κ3) is 9.18. The molecule has 0 spiro atoms. The number of benzene rings is 4. The fourth-order valence-electron chi connectivity index (χ4n) is 4.72. The molecule has 0 saturated heterocycles. The van der Waals surface area contributed by atoms with Crippen LogP contribution in [0.3, 0.4) is 0 Å². The SMILES string of the molecule is Cc1ccc(S(=O)(=O)N(CC(=O)N(CCc2ccccc2)C(C)C(=O)NC(C)(C)C)c2ccc(Oc3ccccc3)cc2)cc1. The van der Waals surface area contributed by atoms with Gasteiger partial charge < -0.3 is 15.0 Å². The number of para-hydroxylation sites is 1. The largest absolute Gasteiger partial charge is 0.457 e. The molecule has 45 heavy (non-hydrogen) atoms. The number of ether oxygens (including phenoxy) is 1. The fourth-order valence-corrected chi connectivity index (χ4v) is 6.13. The summed E-state index contributed by atoms with van der Waals surface area (Å²) in [4.78, 5) is 28.9. The van der Waals surface area contributed by atoms with Gasteiger partial charge in [0.05, 0.1) is 10.6 Å². The van der Waals surface area contributed by atoms with Gasteiger partial charge >= 0.3 is 0 Å². The van der Waals surface area contributed by atoms with Crippen LogP contribution in [-0.2, 0) is 26.0 Å². The van der Waals surface area contributed by atoms with E-state index in [2.05, 4.69) is 5.32 Å². The first kappa shape index (κ1) is 33.3. The van der Waals surface area contributed by atoms with Gasteiger partial charge in [0, 0.05) is 12.1 Å².